The van der Waals surface area contributed by atoms with Crippen LogP contribution in [0.3, 0.4) is 0 Å². The van der Waals surface area contributed by atoms with Gasteiger partial charge in [-0.25, -0.2) is 0 Å². The van der Waals surface area contributed by atoms with E-state index >= 15 is 0 Å². The van der Waals surface area contributed by atoms with Crippen molar-refractivity contribution in [2.75, 3.05) is 34.3 Å². The van der Waals surface area contributed by atoms with Gasteiger partial charge >= 0.3 is 5.97 Å². The highest BCUT2D eigenvalue weighted by Crippen LogP contribution is 2.22. The van der Waals surface area contributed by atoms with Crippen LogP contribution in [0.5, 0.6) is 5.75 Å². The van der Waals surface area contributed by atoms with E-state index < -0.39 is 5.97 Å². The first-order valence-electron chi connectivity index (χ1n) is 6.69. The normalized spacial score (nSPS) is 14.1. The smallest absolute Gasteiger partial charge is 0.307 e. The van der Waals surface area contributed by atoms with E-state index in [0.29, 0.717) is 13.1 Å². The fourth-order valence-corrected chi connectivity index (χ4v) is 1.97. The summed E-state index contributed by atoms with van der Waals surface area (Å²) in [6.45, 7) is 2.85. The second-order valence-electron chi connectivity index (χ2n) is 5.15. The van der Waals surface area contributed by atoms with Crippen LogP contribution in [-0.4, -0.2) is 50.3 Å². The summed E-state index contributed by atoms with van der Waals surface area (Å²) in [4.78, 5) is 12.9. The Morgan fingerprint density at radius 3 is 2.65 bits per heavy atom. The first-order valence-corrected chi connectivity index (χ1v) is 6.69. The van der Waals surface area contributed by atoms with E-state index in [4.69, 9.17) is 9.84 Å². The van der Waals surface area contributed by atoms with Crippen LogP contribution in [-0.2, 0) is 4.79 Å². The van der Waals surface area contributed by atoms with Crippen molar-refractivity contribution in [2.24, 2.45) is 5.92 Å². The molecule has 1 aromatic carbocycles. The number of nitrogens with one attached hydrogen (secondary N) is 1. The summed E-state index contributed by atoms with van der Waals surface area (Å²) < 4.78 is 5.24. The molecule has 112 valence electrons. The molecule has 20 heavy (non-hydrogen) atoms. The number of hydrogen-bond acceptors (Lipinski definition) is 4. The number of hydrogen-bond donors (Lipinski definition) is 2. The minimum atomic E-state index is -0.778. The molecule has 1 rings (SSSR count). The van der Waals surface area contributed by atoms with Crippen molar-refractivity contribution in [2.45, 2.75) is 13.0 Å². The fourth-order valence-electron chi connectivity index (χ4n) is 1.97. The van der Waals surface area contributed by atoms with Gasteiger partial charge in [0.2, 0.25) is 0 Å². The van der Waals surface area contributed by atoms with Gasteiger partial charge in [0.25, 0.3) is 0 Å². The zero-order chi connectivity index (χ0) is 15.1. The molecule has 2 N–H and O–H groups in total. The molecule has 0 spiro atoms. The molecule has 0 aromatic heterocycles. The molecule has 5 nitrogen and oxygen atoms in total. The maximum Gasteiger partial charge on any atom is 0.307 e. The number of likely N-dealkylation sites (N-methyl/N-ethyl adjacent to an activating group) is 1. The van der Waals surface area contributed by atoms with Gasteiger partial charge in [-0.2, -0.15) is 0 Å². The molecule has 0 aliphatic carbocycles. The van der Waals surface area contributed by atoms with Gasteiger partial charge in [-0.1, -0.05) is 19.1 Å². The SMILES string of the molecule is COc1cccc(C(CNCC(C)C(=O)O)N(C)C)c1. The number of carbonyl (C=O) groups is 1. The molecule has 0 bridgehead atoms. The molecule has 0 saturated carbocycles. The van der Waals surface area contributed by atoms with Crippen molar-refractivity contribution in [3.8, 4) is 5.75 Å². The lowest BCUT2D eigenvalue weighted by molar-refractivity contribution is -0.140. The molecule has 0 fully saturated rings. The highest BCUT2D eigenvalue weighted by molar-refractivity contribution is 5.69. The summed E-state index contributed by atoms with van der Waals surface area (Å²) in [5, 5.41) is 12.1. The predicted octanol–water partition coefficient (Wildman–Crippen LogP) is 1.61. The Balaban J connectivity index is 2.67. The molecule has 0 saturated heterocycles. The van der Waals surface area contributed by atoms with E-state index in [0.717, 1.165) is 11.3 Å². The first-order chi connectivity index (χ1) is 9.45. The molecule has 2 atom stereocenters. The standard InChI is InChI=1S/C15H24N2O3/c1-11(15(18)19)9-16-10-14(17(2)3)12-6-5-7-13(8-12)20-4/h5-8,11,14,16H,9-10H2,1-4H3,(H,18,19). The number of aliphatic carboxylic acids is 1. The zero-order valence-corrected chi connectivity index (χ0v) is 12.6. The minimum absolute atomic E-state index is 0.172. The Morgan fingerprint density at radius 2 is 2.10 bits per heavy atom. The van der Waals surface area contributed by atoms with Gasteiger partial charge < -0.3 is 20.1 Å². The van der Waals surface area contributed by atoms with E-state index in [9.17, 15) is 4.79 Å². The predicted molar refractivity (Wildman–Crippen MR) is 79.1 cm³/mol. The van der Waals surface area contributed by atoms with Crippen LogP contribution < -0.4 is 10.1 Å². The van der Waals surface area contributed by atoms with Crippen molar-refractivity contribution < 1.29 is 14.6 Å². The number of nitrogens with zero attached hydrogens (tertiary/aromatic N) is 1. The van der Waals surface area contributed by atoms with E-state index in [-0.39, 0.29) is 12.0 Å². The highest BCUT2D eigenvalue weighted by atomic mass is 16.5. The molecule has 5 heteroatoms. The second-order valence-corrected chi connectivity index (χ2v) is 5.15. The van der Waals surface area contributed by atoms with Crippen LogP contribution in [0, 0.1) is 5.92 Å². The van der Waals surface area contributed by atoms with E-state index in [2.05, 4.69) is 16.3 Å². The molecule has 1 aromatic rings. The fraction of sp³-hybridized carbons (Fsp3) is 0.533. The number of carboxylic acids is 1. The van der Waals surface area contributed by atoms with Crippen molar-refractivity contribution in [3.63, 3.8) is 0 Å². The van der Waals surface area contributed by atoms with Crippen molar-refractivity contribution in [3.05, 3.63) is 29.8 Å². The lowest BCUT2D eigenvalue weighted by Crippen LogP contribution is -2.34. The molecule has 0 heterocycles. The zero-order valence-electron chi connectivity index (χ0n) is 12.6. The molecule has 0 aliphatic heterocycles. The Morgan fingerprint density at radius 1 is 1.40 bits per heavy atom. The van der Waals surface area contributed by atoms with Gasteiger partial charge in [-0.05, 0) is 31.8 Å². The average molecular weight is 280 g/mol. The van der Waals surface area contributed by atoms with Gasteiger partial charge in [0.05, 0.1) is 13.0 Å². The Labute approximate surface area is 120 Å². The maximum atomic E-state index is 10.8. The molecule has 2 unspecified atom stereocenters. The number of ether oxygens (including phenoxy) is 1. The quantitative estimate of drug-likeness (QED) is 0.757. The minimum Gasteiger partial charge on any atom is -0.497 e. The Kier molecular flexibility index (Phi) is 6.48. The van der Waals surface area contributed by atoms with Gasteiger partial charge in [0.15, 0.2) is 0 Å². The molecule has 0 radical (unpaired) electrons. The van der Waals surface area contributed by atoms with Gasteiger partial charge in [0, 0.05) is 19.1 Å². The third-order valence-corrected chi connectivity index (χ3v) is 3.31. The maximum absolute atomic E-state index is 10.8. The molecular formula is C15H24N2O3. The lowest BCUT2D eigenvalue weighted by atomic mass is 10.1. The number of rotatable bonds is 8. The molecular weight excluding hydrogens is 256 g/mol. The topological polar surface area (TPSA) is 61.8 Å². The van der Waals surface area contributed by atoms with E-state index in [1.165, 1.54) is 0 Å². The van der Waals surface area contributed by atoms with Crippen molar-refractivity contribution in [1.29, 1.82) is 0 Å². The van der Waals surface area contributed by atoms with Gasteiger partial charge in [-0.3, -0.25) is 4.79 Å². The summed E-state index contributed by atoms with van der Waals surface area (Å²) in [5.41, 5.74) is 1.14. The van der Waals surface area contributed by atoms with Crippen LogP contribution in [0.15, 0.2) is 24.3 Å². The average Bonchev–Trinajstić information content (AvgIpc) is 2.42. The third kappa shape index (κ3) is 4.83. The van der Waals surface area contributed by atoms with E-state index in [1.807, 2.05) is 32.3 Å². The summed E-state index contributed by atoms with van der Waals surface area (Å²) in [7, 11) is 5.66. The van der Waals surface area contributed by atoms with Crippen molar-refractivity contribution >= 4 is 5.97 Å². The van der Waals surface area contributed by atoms with Crippen molar-refractivity contribution in [1.82, 2.24) is 10.2 Å². The van der Waals surface area contributed by atoms with Crippen LogP contribution in [0.4, 0.5) is 0 Å². The number of benzene rings is 1. The number of carboxylic acid groups (broad SMARTS) is 1. The lowest BCUT2D eigenvalue weighted by Gasteiger charge is -2.26. The number of methoxy groups -OCH3 is 1. The highest BCUT2D eigenvalue weighted by Gasteiger charge is 2.16. The van der Waals surface area contributed by atoms with Crippen LogP contribution >= 0.6 is 0 Å². The van der Waals surface area contributed by atoms with E-state index in [1.54, 1.807) is 14.0 Å². The summed E-state index contributed by atoms with van der Waals surface area (Å²) in [6, 6.07) is 8.11. The Hall–Kier alpha value is -1.59. The summed E-state index contributed by atoms with van der Waals surface area (Å²) in [5.74, 6) is -0.336. The Bertz CT molecular complexity index is 435. The summed E-state index contributed by atoms with van der Waals surface area (Å²) in [6.07, 6.45) is 0. The first kappa shape index (κ1) is 16.5. The van der Waals surface area contributed by atoms with Crippen LogP contribution in [0.2, 0.25) is 0 Å². The van der Waals surface area contributed by atoms with Gasteiger partial charge in [-0.15, -0.1) is 0 Å². The second kappa shape index (κ2) is 7.87. The van der Waals surface area contributed by atoms with Crippen LogP contribution in [0.25, 0.3) is 0 Å². The molecule has 0 aliphatic rings. The van der Waals surface area contributed by atoms with Gasteiger partial charge in [0.1, 0.15) is 5.75 Å². The third-order valence-electron chi connectivity index (χ3n) is 3.31. The summed E-state index contributed by atoms with van der Waals surface area (Å²) >= 11 is 0. The largest absolute Gasteiger partial charge is 0.497 e. The molecule has 0 amide bonds. The van der Waals surface area contributed by atoms with Crippen LogP contribution in [0.1, 0.15) is 18.5 Å². The monoisotopic (exact) mass is 280 g/mol.